The lowest BCUT2D eigenvalue weighted by Crippen LogP contribution is -2.86. The highest BCUT2D eigenvalue weighted by Gasteiger charge is 2.36. The first-order valence-electron chi connectivity index (χ1n) is 8.24. The van der Waals surface area contributed by atoms with E-state index in [9.17, 15) is 9.90 Å². The minimum Gasteiger partial charge on any atom is -0.507 e. The van der Waals surface area contributed by atoms with Crippen LogP contribution >= 0.6 is 0 Å². The highest BCUT2D eigenvalue weighted by atomic mass is 16.6. The fourth-order valence-corrected chi connectivity index (χ4v) is 3.39. The molecule has 1 fully saturated rings. The maximum atomic E-state index is 12.6. The van der Waals surface area contributed by atoms with Gasteiger partial charge in [0.15, 0.2) is 0 Å². The monoisotopic (exact) mass is 314 g/mol. The minimum absolute atomic E-state index is 0.0264. The number of carbonyl (C=O) groups excluding carboxylic acids is 1. The van der Waals surface area contributed by atoms with Gasteiger partial charge in [0.2, 0.25) is 0 Å². The molecule has 0 spiro atoms. The number of nitrogens with two attached hydrogens (primary N) is 1. The number of rotatable bonds is 3. The molecule has 23 heavy (non-hydrogen) atoms. The molecular formula is C19H24NO3+. The quantitative estimate of drug-likeness (QED) is 0.856. The van der Waals surface area contributed by atoms with E-state index in [0.717, 1.165) is 36.7 Å². The van der Waals surface area contributed by atoms with Gasteiger partial charge in [-0.1, -0.05) is 24.3 Å². The molecule has 3 rings (SSSR count). The predicted octanol–water partition coefficient (Wildman–Crippen LogP) is 2.45. The molecule has 0 bridgehead atoms. The number of ether oxygens (including phenoxy) is 1. The molecule has 4 heteroatoms. The van der Waals surface area contributed by atoms with Crippen molar-refractivity contribution in [1.82, 2.24) is 0 Å². The first-order valence-corrected chi connectivity index (χ1v) is 8.24. The van der Waals surface area contributed by atoms with Gasteiger partial charge in [0.05, 0.1) is 13.1 Å². The second kappa shape index (κ2) is 6.20. The van der Waals surface area contributed by atoms with Gasteiger partial charge < -0.3 is 15.2 Å². The number of phenols is 1. The molecule has 1 aliphatic rings. The van der Waals surface area contributed by atoms with Crippen molar-refractivity contribution in [3.8, 4) is 5.75 Å². The summed E-state index contributed by atoms with van der Waals surface area (Å²) in [6, 6.07) is 11.0. The lowest BCUT2D eigenvalue weighted by Gasteiger charge is -2.35. The molecule has 0 atom stereocenters. The molecule has 0 saturated carbocycles. The predicted molar refractivity (Wildman–Crippen MR) is 89.5 cm³/mol. The molecule has 3 N–H and O–H groups in total. The van der Waals surface area contributed by atoms with E-state index in [1.807, 2.05) is 38.1 Å². The minimum atomic E-state index is -0.524. The van der Waals surface area contributed by atoms with Crippen LogP contribution in [0.3, 0.4) is 0 Å². The number of benzene rings is 2. The van der Waals surface area contributed by atoms with Crippen LogP contribution in [-0.4, -0.2) is 29.8 Å². The first kappa shape index (κ1) is 15.8. The zero-order valence-corrected chi connectivity index (χ0v) is 13.7. The first-order chi connectivity index (χ1) is 11.0. The van der Waals surface area contributed by atoms with Gasteiger partial charge in [-0.25, -0.2) is 4.79 Å². The van der Waals surface area contributed by atoms with Crippen LogP contribution in [0.1, 0.15) is 37.0 Å². The zero-order chi connectivity index (χ0) is 16.4. The number of carbonyl (C=O) groups is 1. The maximum absolute atomic E-state index is 12.6. The largest absolute Gasteiger partial charge is 0.507 e. The van der Waals surface area contributed by atoms with E-state index in [-0.39, 0.29) is 11.3 Å². The Morgan fingerprint density at radius 2 is 1.78 bits per heavy atom. The number of esters is 1. The van der Waals surface area contributed by atoms with Gasteiger partial charge in [0.1, 0.15) is 16.9 Å². The van der Waals surface area contributed by atoms with E-state index in [2.05, 4.69) is 5.32 Å². The summed E-state index contributed by atoms with van der Waals surface area (Å²) in [5, 5.41) is 14.3. The Labute approximate surface area is 136 Å². The molecule has 1 aliphatic heterocycles. The number of fused-ring (bicyclic) bond motifs is 1. The Morgan fingerprint density at radius 3 is 2.43 bits per heavy atom. The normalized spacial score (nSPS) is 16.4. The van der Waals surface area contributed by atoms with Gasteiger partial charge in [-0.15, -0.1) is 0 Å². The third-order valence-corrected chi connectivity index (χ3v) is 4.86. The molecule has 1 heterocycles. The summed E-state index contributed by atoms with van der Waals surface area (Å²) in [5.74, 6) is -0.117. The van der Waals surface area contributed by atoms with Gasteiger partial charge in [-0.2, -0.15) is 0 Å². The van der Waals surface area contributed by atoms with Crippen molar-refractivity contribution >= 4 is 16.7 Å². The van der Waals surface area contributed by atoms with Gasteiger partial charge >= 0.3 is 5.97 Å². The average Bonchev–Trinajstić information content (AvgIpc) is 2.54. The third kappa shape index (κ3) is 3.32. The van der Waals surface area contributed by atoms with Gasteiger partial charge in [-0.05, 0) is 36.8 Å². The van der Waals surface area contributed by atoms with Gasteiger partial charge in [0, 0.05) is 18.8 Å². The van der Waals surface area contributed by atoms with Crippen molar-refractivity contribution < 1.29 is 20.0 Å². The number of hydrogen-bond donors (Lipinski definition) is 2. The molecule has 4 nitrogen and oxygen atoms in total. The molecule has 2 aromatic carbocycles. The Bertz CT molecular complexity index is 718. The molecule has 1 saturated heterocycles. The van der Waals surface area contributed by atoms with Crippen LogP contribution in [0.5, 0.6) is 5.75 Å². The summed E-state index contributed by atoms with van der Waals surface area (Å²) in [4.78, 5) is 12.6. The van der Waals surface area contributed by atoms with Crippen LogP contribution in [0.2, 0.25) is 0 Å². The number of aromatic hydroxyl groups is 1. The molecule has 122 valence electrons. The number of hydrogen-bond acceptors (Lipinski definition) is 3. The Morgan fingerprint density at radius 1 is 1.17 bits per heavy atom. The Kier molecular flexibility index (Phi) is 4.26. The summed E-state index contributed by atoms with van der Waals surface area (Å²) >= 11 is 0. The van der Waals surface area contributed by atoms with E-state index >= 15 is 0 Å². The summed E-state index contributed by atoms with van der Waals surface area (Å²) in [5.41, 5.74) is -0.289. The number of phenolic OH excluding ortho intramolecular Hbond substituents is 1. The van der Waals surface area contributed by atoms with Crippen LogP contribution < -0.4 is 5.32 Å². The van der Waals surface area contributed by atoms with Crippen molar-refractivity contribution in [3.63, 3.8) is 0 Å². The van der Waals surface area contributed by atoms with Crippen LogP contribution in [0.25, 0.3) is 10.8 Å². The third-order valence-electron chi connectivity index (χ3n) is 4.86. The van der Waals surface area contributed by atoms with Crippen molar-refractivity contribution in [3.05, 3.63) is 42.0 Å². The van der Waals surface area contributed by atoms with E-state index in [1.54, 1.807) is 12.1 Å². The molecule has 0 aromatic heterocycles. The standard InChI is InChI=1S/C19H23NO3/c1-19(2,15-7-9-20-10-8-15)23-18(22)16-11-13-5-3-4-6-14(13)12-17(16)21/h3-6,11-12,15,20-21H,7-10H2,1-2H3/p+1. The topological polar surface area (TPSA) is 63.1 Å². The van der Waals surface area contributed by atoms with Crippen molar-refractivity contribution in [2.75, 3.05) is 13.1 Å². The smallest absolute Gasteiger partial charge is 0.342 e. The highest BCUT2D eigenvalue weighted by Crippen LogP contribution is 2.31. The Hall–Kier alpha value is -2.07. The molecule has 0 amide bonds. The van der Waals surface area contributed by atoms with Gasteiger partial charge in [0.25, 0.3) is 0 Å². The van der Waals surface area contributed by atoms with Crippen LogP contribution in [-0.2, 0) is 4.74 Å². The second-order valence-corrected chi connectivity index (χ2v) is 6.85. The molecule has 0 radical (unpaired) electrons. The van der Waals surface area contributed by atoms with Crippen molar-refractivity contribution in [1.29, 1.82) is 0 Å². The van der Waals surface area contributed by atoms with Crippen molar-refractivity contribution in [2.45, 2.75) is 32.3 Å². The number of piperidine rings is 1. The highest BCUT2D eigenvalue weighted by molar-refractivity contribution is 5.98. The van der Waals surface area contributed by atoms with E-state index in [4.69, 9.17) is 4.74 Å². The van der Waals surface area contributed by atoms with Gasteiger partial charge in [-0.3, -0.25) is 0 Å². The van der Waals surface area contributed by atoms with Crippen LogP contribution in [0.15, 0.2) is 36.4 Å². The summed E-state index contributed by atoms with van der Waals surface area (Å²) in [7, 11) is 0. The summed E-state index contributed by atoms with van der Waals surface area (Å²) in [6.45, 7) is 6.09. The lowest BCUT2D eigenvalue weighted by molar-refractivity contribution is -0.665. The average molecular weight is 314 g/mol. The second-order valence-electron chi connectivity index (χ2n) is 6.85. The SMILES string of the molecule is CC(C)(OC(=O)c1cc2ccccc2cc1O)C1CC[NH2+]CC1. The van der Waals surface area contributed by atoms with Crippen LogP contribution in [0.4, 0.5) is 0 Å². The lowest BCUT2D eigenvalue weighted by atomic mass is 9.83. The summed E-state index contributed by atoms with van der Waals surface area (Å²) in [6.07, 6.45) is 2.09. The fraction of sp³-hybridized carbons (Fsp3) is 0.421. The molecular weight excluding hydrogens is 290 g/mol. The van der Waals surface area contributed by atoms with E-state index < -0.39 is 11.6 Å². The Balaban J connectivity index is 1.83. The molecule has 0 unspecified atom stereocenters. The van der Waals surface area contributed by atoms with Crippen LogP contribution in [0, 0.1) is 5.92 Å². The summed E-state index contributed by atoms with van der Waals surface area (Å²) < 4.78 is 5.78. The van der Waals surface area contributed by atoms with E-state index in [0.29, 0.717) is 5.92 Å². The van der Waals surface area contributed by atoms with Crippen molar-refractivity contribution in [2.24, 2.45) is 5.92 Å². The molecule has 2 aromatic rings. The number of quaternary nitrogens is 1. The zero-order valence-electron chi connectivity index (χ0n) is 13.7. The molecule has 0 aliphatic carbocycles. The van der Waals surface area contributed by atoms with E-state index in [1.165, 1.54) is 0 Å². The fourth-order valence-electron chi connectivity index (χ4n) is 3.39. The maximum Gasteiger partial charge on any atom is 0.342 e.